The number of nitrogen functional groups attached to an aromatic ring is 1. The van der Waals surface area contributed by atoms with Gasteiger partial charge in [-0.2, -0.15) is 0 Å². The van der Waals surface area contributed by atoms with Gasteiger partial charge in [0.05, 0.1) is 11.4 Å². The Hall–Kier alpha value is -2.00. The number of carbonyl (C=O) groups excluding carboxylic acids is 1. The SMILES string of the molecule is CC(C)(C)c1ccccc1C(=O)Nc1cc(Cl)ccc1N. The second kappa shape index (κ2) is 5.78. The molecule has 2 rings (SSSR count). The van der Waals surface area contributed by atoms with Crippen molar-refractivity contribution in [1.29, 1.82) is 0 Å². The molecule has 0 aliphatic rings. The number of rotatable bonds is 2. The van der Waals surface area contributed by atoms with Crippen molar-refractivity contribution in [3.63, 3.8) is 0 Å². The summed E-state index contributed by atoms with van der Waals surface area (Å²) < 4.78 is 0. The third kappa shape index (κ3) is 3.56. The molecule has 0 atom stereocenters. The minimum absolute atomic E-state index is 0.117. The number of anilines is 2. The van der Waals surface area contributed by atoms with Crippen LogP contribution in [0, 0.1) is 0 Å². The van der Waals surface area contributed by atoms with Crippen molar-refractivity contribution in [2.24, 2.45) is 0 Å². The summed E-state index contributed by atoms with van der Waals surface area (Å²) in [5.74, 6) is -0.186. The Bertz CT molecular complexity index is 675. The lowest BCUT2D eigenvalue weighted by atomic mass is 9.83. The normalized spacial score (nSPS) is 11.2. The van der Waals surface area contributed by atoms with Crippen molar-refractivity contribution >= 4 is 28.9 Å². The van der Waals surface area contributed by atoms with Gasteiger partial charge in [-0.25, -0.2) is 0 Å². The summed E-state index contributed by atoms with van der Waals surface area (Å²) in [6, 6.07) is 12.6. The average molecular weight is 303 g/mol. The fourth-order valence-electron chi connectivity index (χ4n) is 2.16. The van der Waals surface area contributed by atoms with Gasteiger partial charge in [0.1, 0.15) is 0 Å². The molecule has 2 aromatic rings. The molecule has 0 fully saturated rings. The zero-order valence-corrected chi connectivity index (χ0v) is 13.2. The van der Waals surface area contributed by atoms with E-state index in [0.29, 0.717) is 22.0 Å². The number of carbonyl (C=O) groups is 1. The van der Waals surface area contributed by atoms with Crippen LogP contribution in [0.15, 0.2) is 42.5 Å². The molecule has 21 heavy (non-hydrogen) atoms. The first-order valence-corrected chi connectivity index (χ1v) is 7.13. The highest BCUT2D eigenvalue weighted by Crippen LogP contribution is 2.28. The fourth-order valence-corrected chi connectivity index (χ4v) is 2.33. The molecule has 2 aromatic carbocycles. The Morgan fingerprint density at radius 3 is 2.48 bits per heavy atom. The summed E-state index contributed by atoms with van der Waals surface area (Å²) in [4.78, 5) is 12.5. The Labute approximate surface area is 130 Å². The van der Waals surface area contributed by atoms with Gasteiger partial charge in [-0.1, -0.05) is 50.6 Å². The van der Waals surface area contributed by atoms with Gasteiger partial charge < -0.3 is 11.1 Å². The Kier molecular flexibility index (Phi) is 4.24. The number of nitrogens with one attached hydrogen (secondary N) is 1. The van der Waals surface area contributed by atoms with Gasteiger partial charge in [0.2, 0.25) is 0 Å². The molecule has 0 unspecified atom stereocenters. The van der Waals surface area contributed by atoms with Crippen molar-refractivity contribution in [2.45, 2.75) is 26.2 Å². The predicted molar refractivity (Wildman–Crippen MR) is 89.0 cm³/mol. The highest BCUT2D eigenvalue weighted by Gasteiger charge is 2.21. The Morgan fingerprint density at radius 1 is 1.14 bits per heavy atom. The standard InChI is InChI=1S/C17H19ClN2O/c1-17(2,3)13-7-5-4-6-12(13)16(21)20-15-10-11(18)8-9-14(15)19/h4-10H,19H2,1-3H3,(H,20,21). The van der Waals surface area contributed by atoms with Gasteiger partial charge >= 0.3 is 0 Å². The number of hydrogen-bond donors (Lipinski definition) is 2. The van der Waals surface area contributed by atoms with Crippen LogP contribution >= 0.6 is 11.6 Å². The fraction of sp³-hybridized carbons (Fsp3) is 0.235. The van der Waals surface area contributed by atoms with Crippen molar-refractivity contribution in [3.05, 3.63) is 58.6 Å². The number of halogens is 1. The second-order valence-electron chi connectivity index (χ2n) is 5.98. The third-order valence-electron chi connectivity index (χ3n) is 3.24. The molecule has 1 amide bonds. The van der Waals surface area contributed by atoms with Gasteiger partial charge in [0.15, 0.2) is 0 Å². The molecule has 0 bridgehead atoms. The first-order chi connectivity index (χ1) is 9.79. The summed E-state index contributed by atoms with van der Waals surface area (Å²) >= 11 is 5.94. The molecule has 0 radical (unpaired) electrons. The summed E-state index contributed by atoms with van der Waals surface area (Å²) in [7, 11) is 0. The van der Waals surface area contributed by atoms with E-state index in [9.17, 15) is 4.79 Å². The van der Waals surface area contributed by atoms with Crippen LogP contribution < -0.4 is 11.1 Å². The van der Waals surface area contributed by atoms with Crippen molar-refractivity contribution in [3.8, 4) is 0 Å². The zero-order chi connectivity index (χ0) is 15.6. The van der Waals surface area contributed by atoms with E-state index in [4.69, 9.17) is 17.3 Å². The molecule has 0 heterocycles. The quantitative estimate of drug-likeness (QED) is 0.804. The maximum absolute atomic E-state index is 12.5. The van der Waals surface area contributed by atoms with E-state index in [1.165, 1.54) is 0 Å². The summed E-state index contributed by atoms with van der Waals surface area (Å²) in [6.07, 6.45) is 0. The van der Waals surface area contributed by atoms with Crippen LogP contribution in [-0.2, 0) is 5.41 Å². The first-order valence-electron chi connectivity index (χ1n) is 6.75. The topological polar surface area (TPSA) is 55.1 Å². The lowest BCUT2D eigenvalue weighted by molar-refractivity contribution is 0.102. The monoisotopic (exact) mass is 302 g/mol. The van der Waals surface area contributed by atoms with Gasteiger partial charge in [-0.15, -0.1) is 0 Å². The molecule has 4 heteroatoms. The first kappa shape index (κ1) is 15.4. The third-order valence-corrected chi connectivity index (χ3v) is 3.48. The van der Waals surface area contributed by atoms with E-state index in [1.54, 1.807) is 18.2 Å². The number of hydrogen-bond acceptors (Lipinski definition) is 2. The van der Waals surface area contributed by atoms with Gasteiger partial charge in [0.25, 0.3) is 5.91 Å². The average Bonchev–Trinajstić information content (AvgIpc) is 2.42. The molecule has 110 valence electrons. The van der Waals surface area contributed by atoms with Crippen molar-refractivity contribution in [1.82, 2.24) is 0 Å². The van der Waals surface area contributed by atoms with E-state index in [-0.39, 0.29) is 11.3 Å². The maximum Gasteiger partial charge on any atom is 0.256 e. The van der Waals surface area contributed by atoms with E-state index in [1.807, 2.05) is 24.3 Å². The molecule has 0 aliphatic heterocycles. The van der Waals surface area contributed by atoms with Gasteiger partial charge in [-0.3, -0.25) is 4.79 Å². The predicted octanol–water partition coefficient (Wildman–Crippen LogP) is 4.47. The minimum atomic E-state index is -0.186. The Balaban J connectivity index is 2.36. The van der Waals surface area contributed by atoms with Gasteiger partial charge in [-0.05, 0) is 35.2 Å². The highest BCUT2D eigenvalue weighted by atomic mass is 35.5. The van der Waals surface area contributed by atoms with Crippen LogP contribution in [0.5, 0.6) is 0 Å². The smallest absolute Gasteiger partial charge is 0.256 e. The molecular formula is C17H19ClN2O. The summed E-state index contributed by atoms with van der Waals surface area (Å²) in [6.45, 7) is 6.23. The number of nitrogens with two attached hydrogens (primary N) is 1. The molecule has 0 spiro atoms. The molecule has 0 saturated carbocycles. The molecule has 0 aliphatic carbocycles. The lowest BCUT2D eigenvalue weighted by Crippen LogP contribution is -2.21. The van der Waals surface area contributed by atoms with Crippen molar-refractivity contribution < 1.29 is 4.79 Å². The van der Waals surface area contributed by atoms with E-state index in [0.717, 1.165) is 5.56 Å². The van der Waals surface area contributed by atoms with E-state index in [2.05, 4.69) is 26.1 Å². The Morgan fingerprint density at radius 2 is 1.81 bits per heavy atom. The number of benzene rings is 2. The number of amides is 1. The second-order valence-corrected chi connectivity index (χ2v) is 6.42. The summed E-state index contributed by atoms with van der Waals surface area (Å²) in [5.41, 5.74) is 8.39. The van der Waals surface area contributed by atoms with E-state index >= 15 is 0 Å². The molecule has 0 saturated heterocycles. The van der Waals surface area contributed by atoms with Crippen LogP contribution in [0.4, 0.5) is 11.4 Å². The van der Waals surface area contributed by atoms with Crippen LogP contribution in [0.25, 0.3) is 0 Å². The lowest BCUT2D eigenvalue weighted by Gasteiger charge is -2.22. The van der Waals surface area contributed by atoms with Crippen molar-refractivity contribution in [2.75, 3.05) is 11.1 Å². The molecular weight excluding hydrogens is 284 g/mol. The largest absolute Gasteiger partial charge is 0.397 e. The van der Waals surface area contributed by atoms with Crippen LogP contribution in [0.3, 0.4) is 0 Å². The molecule has 3 nitrogen and oxygen atoms in total. The molecule has 3 N–H and O–H groups in total. The van der Waals surface area contributed by atoms with Crippen LogP contribution in [-0.4, -0.2) is 5.91 Å². The maximum atomic E-state index is 12.5. The van der Waals surface area contributed by atoms with Crippen LogP contribution in [0.2, 0.25) is 5.02 Å². The summed E-state index contributed by atoms with van der Waals surface area (Å²) in [5, 5.41) is 3.36. The zero-order valence-electron chi connectivity index (χ0n) is 12.4. The highest BCUT2D eigenvalue weighted by molar-refractivity contribution is 6.31. The molecule has 0 aromatic heterocycles. The van der Waals surface area contributed by atoms with E-state index < -0.39 is 0 Å². The van der Waals surface area contributed by atoms with Gasteiger partial charge in [0, 0.05) is 10.6 Å². The van der Waals surface area contributed by atoms with Crippen LogP contribution in [0.1, 0.15) is 36.7 Å². The minimum Gasteiger partial charge on any atom is -0.397 e.